The molecule has 0 spiro atoms. The van der Waals surface area contributed by atoms with Crippen molar-refractivity contribution in [3.63, 3.8) is 0 Å². The number of hydrogen-bond donors (Lipinski definition) is 2. The van der Waals surface area contributed by atoms with Gasteiger partial charge in [0.05, 0.1) is 12.0 Å². The molecule has 3 aromatic rings. The molecule has 154 valence electrons. The second kappa shape index (κ2) is 8.41. The van der Waals surface area contributed by atoms with Gasteiger partial charge in [-0.2, -0.15) is 13.2 Å². The molecule has 0 saturated carbocycles. The van der Waals surface area contributed by atoms with E-state index in [1.165, 1.54) is 12.1 Å². The molecule has 3 rings (SSSR count). The third-order valence-electron chi connectivity index (χ3n) is 4.59. The fourth-order valence-corrected chi connectivity index (χ4v) is 3.11. The molecule has 2 N–H and O–H groups in total. The van der Waals surface area contributed by atoms with Crippen LogP contribution in [0.5, 0.6) is 0 Å². The molecule has 4 nitrogen and oxygen atoms in total. The predicted octanol–water partition coefficient (Wildman–Crippen LogP) is 5.56. The lowest BCUT2D eigenvalue weighted by Crippen LogP contribution is -2.14. The van der Waals surface area contributed by atoms with Crippen molar-refractivity contribution in [2.45, 2.75) is 19.5 Å². The van der Waals surface area contributed by atoms with E-state index in [1.807, 2.05) is 0 Å². The number of carboxylic acids is 1. The van der Waals surface area contributed by atoms with Gasteiger partial charge in [-0.1, -0.05) is 42.5 Å². The number of rotatable bonds is 5. The van der Waals surface area contributed by atoms with Gasteiger partial charge in [-0.3, -0.25) is 9.59 Å². The van der Waals surface area contributed by atoms with Gasteiger partial charge in [0.1, 0.15) is 0 Å². The Morgan fingerprint density at radius 2 is 1.63 bits per heavy atom. The quantitative estimate of drug-likeness (QED) is 0.576. The minimum atomic E-state index is -4.43. The number of aliphatic carboxylic acids is 1. The minimum Gasteiger partial charge on any atom is -0.481 e. The van der Waals surface area contributed by atoms with Crippen LogP contribution in [0.3, 0.4) is 0 Å². The van der Waals surface area contributed by atoms with Crippen LogP contribution in [0.4, 0.5) is 18.9 Å². The lowest BCUT2D eigenvalue weighted by molar-refractivity contribution is -0.138. The maximum absolute atomic E-state index is 12.9. The first kappa shape index (κ1) is 21.1. The molecule has 0 fully saturated rings. The number of aryl methyl sites for hydroxylation is 1. The predicted molar refractivity (Wildman–Crippen MR) is 107 cm³/mol. The average molecular weight is 413 g/mol. The normalized spacial score (nSPS) is 11.2. The summed E-state index contributed by atoms with van der Waals surface area (Å²) >= 11 is 0. The van der Waals surface area contributed by atoms with Crippen LogP contribution in [0.1, 0.15) is 27.0 Å². The molecule has 0 aromatic heterocycles. The molecule has 30 heavy (non-hydrogen) atoms. The maximum atomic E-state index is 12.9. The standard InChI is InChI=1S/C23H18F3NO3/c1-14-12-15(13-21(28)29)6-11-20(14)27-22(30)19-5-3-2-4-18(19)16-7-9-17(10-8-16)23(24,25)26/h2-12H,13H2,1H3,(H,27,30)(H,28,29). The number of hydrogen-bond acceptors (Lipinski definition) is 2. The smallest absolute Gasteiger partial charge is 0.416 e. The van der Waals surface area contributed by atoms with Gasteiger partial charge in [-0.15, -0.1) is 0 Å². The van der Waals surface area contributed by atoms with Gasteiger partial charge in [0.2, 0.25) is 0 Å². The molecule has 7 heteroatoms. The Kier molecular flexibility index (Phi) is 5.91. The minimum absolute atomic E-state index is 0.119. The fourth-order valence-electron chi connectivity index (χ4n) is 3.11. The van der Waals surface area contributed by atoms with Crippen LogP contribution in [-0.2, 0) is 17.4 Å². The molecule has 0 aliphatic carbocycles. The second-order valence-electron chi connectivity index (χ2n) is 6.79. The van der Waals surface area contributed by atoms with Gasteiger partial charge in [0.25, 0.3) is 5.91 Å². The zero-order chi connectivity index (χ0) is 21.9. The van der Waals surface area contributed by atoms with E-state index in [0.717, 1.165) is 12.1 Å². The van der Waals surface area contributed by atoms with Crippen molar-refractivity contribution < 1.29 is 27.9 Å². The van der Waals surface area contributed by atoms with Crippen LogP contribution in [-0.4, -0.2) is 17.0 Å². The van der Waals surface area contributed by atoms with E-state index < -0.39 is 23.6 Å². The Morgan fingerprint density at radius 3 is 2.23 bits per heavy atom. The number of carboxylic acid groups (broad SMARTS) is 1. The first-order valence-electron chi connectivity index (χ1n) is 9.04. The first-order valence-corrected chi connectivity index (χ1v) is 9.04. The van der Waals surface area contributed by atoms with Crippen molar-refractivity contribution in [2.75, 3.05) is 5.32 Å². The monoisotopic (exact) mass is 413 g/mol. The Balaban J connectivity index is 1.87. The van der Waals surface area contributed by atoms with Crippen molar-refractivity contribution in [3.8, 4) is 11.1 Å². The highest BCUT2D eigenvalue weighted by Crippen LogP contribution is 2.32. The van der Waals surface area contributed by atoms with E-state index in [-0.39, 0.29) is 6.42 Å². The van der Waals surface area contributed by atoms with Crippen molar-refractivity contribution in [2.24, 2.45) is 0 Å². The van der Waals surface area contributed by atoms with Crippen LogP contribution in [0, 0.1) is 6.92 Å². The summed E-state index contributed by atoms with van der Waals surface area (Å²) in [6.07, 6.45) is -4.55. The van der Waals surface area contributed by atoms with Crippen LogP contribution >= 0.6 is 0 Å². The molecule has 0 radical (unpaired) electrons. The van der Waals surface area contributed by atoms with Crippen LogP contribution < -0.4 is 5.32 Å². The number of anilines is 1. The lowest BCUT2D eigenvalue weighted by Gasteiger charge is -2.13. The largest absolute Gasteiger partial charge is 0.481 e. The topological polar surface area (TPSA) is 66.4 Å². The molecule has 0 unspecified atom stereocenters. The number of benzene rings is 3. The van der Waals surface area contributed by atoms with Crippen LogP contribution in [0.15, 0.2) is 66.7 Å². The van der Waals surface area contributed by atoms with Gasteiger partial charge in [-0.05, 0) is 53.4 Å². The van der Waals surface area contributed by atoms with Gasteiger partial charge >= 0.3 is 12.1 Å². The summed E-state index contributed by atoms with van der Waals surface area (Å²) in [4.78, 5) is 23.7. The number of amides is 1. The highest BCUT2D eigenvalue weighted by Gasteiger charge is 2.30. The maximum Gasteiger partial charge on any atom is 0.416 e. The summed E-state index contributed by atoms with van der Waals surface area (Å²) in [6.45, 7) is 1.75. The van der Waals surface area contributed by atoms with Crippen molar-refractivity contribution >= 4 is 17.6 Å². The van der Waals surface area contributed by atoms with E-state index in [1.54, 1.807) is 49.4 Å². The van der Waals surface area contributed by atoms with Crippen molar-refractivity contribution in [1.82, 2.24) is 0 Å². The highest BCUT2D eigenvalue weighted by molar-refractivity contribution is 6.09. The molecular formula is C23H18F3NO3. The number of nitrogens with one attached hydrogen (secondary N) is 1. The third-order valence-corrected chi connectivity index (χ3v) is 4.59. The molecule has 3 aromatic carbocycles. The summed E-state index contributed by atoms with van der Waals surface area (Å²) in [5.41, 5.74) is 2.39. The zero-order valence-electron chi connectivity index (χ0n) is 16.0. The van der Waals surface area contributed by atoms with Crippen LogP contribution in [0.25, 0.3) is 11.1 Å². The average Bonchev–Trinajstić information content (AvgIpc) is 2.69. The molecule has 0 aliphatic rings. The molecule has 0 atom stereocenters. The molecule has 0 heterocycles. The van der Waals surface area contributed by atoms with E-state index in [0.29, 0.717) is 33.5 Å². The van der Waals surface area contributed by atoms with E-state index in [9.17, 15) is 22.8 Å². The van der Waals surface area contributed by atoms with E-state index in [4.69, 9.17) is 5.11 Å². The SMILES string of the molecule is Cc1cc(CC(=O)O)ccc1NC(=O)c1ccccc1-c1ccc(C(F)(F)F)cc1. The van der Waals surface area contributed by atoms with Crippen molar-refractivity contribution in [3.05, 3.63) is 89.0 Å². The molecule has 0 saturated heterocycles. The third kappa shape index (κ3) is 4.86. The van der Waals surface area contributed by atoms with Gasteiger partial charge < -0.3 is 10.4 Å². The zero-order valence-corrected chi connectivity index (χ0v) is 16.0. The lowest BCUT2D eigenvalue weighted by atomic mass is 9.98. The second-order valence-corrected chi connectivity index (χ2v) is 6.79. The Labute approximate surface area is 171 Å². The van der Waals surface area contributed by atoms with Crippen LogP contribution in [0.2, 0.25) is 0 Å². The van der Waals surface area contributed by atoms with E-state index >= 15 is 0 Å². The van der Waals surface area contributed by atoms with E-state index in [2.05, 4.69) is 5.32 Å². The van der Waals surface area contributed by atoms with Gasteiger partial charge in [0, 0.05) is 11.3 Å². The molecule has 0 aliphatic heterocycles. The fraction of sp³-hybridized carbons (Fsp3) is 0.130. The summed E-state index contributed by atoms with van der Waals surface area (Å²) in [6, 6.07) is 16.2. The number of alkyl halides is 3. The number of carbonyl (C=O) groups excluding carboxylic acids is 1. The van der Waals surface area contributed by atoms with Gasteiger partial charge in [-0.25, -0.2) is 0 Å². The van der Waals surface area contributed by atoms with Crippen molar-refractivity contribution in [1.29, 1.82) is 0 Å². The molecule has 0 bridgehead atoms. The molecule has 1 amide bonds. The Hall–Kier alpha value is -3.61. The number of carbonyl (C=O) groups is 2. The molecular weight excluding hydrogens is 395 g/mol. The summed E-state index contributed by atoms with van der Waals surface area (Å²) in [7, 11) is 0. The van der Waals surface area contributed by atoms with Gasteiger partial charge in [0.15, 0.2) is 0 Å². The highest BCUT2D eigenvalue weighted by atomic mass is 19.4. The number of halogens is 3. The summed E-state index contributed by atoms with van der Waals surface area (Å²) in [5, 5.41) is 11.7. The summed E-state index contributed by atoms with van der Waals surface area (Å²) < 4.78 is 38.4. The summed E-state index contributed by atoms with van der Waals surface area (Å²) in [5.74, 6) is -1.36. The first-order chi connectivity index (χ1) is 14.1. The Morgan fingerprint density at radius 1 is 0.967 bits per heavy atom. The Bertz CT molecular complexity index is 1090.